The molecule has 0 spiro atoms. The number of methoxy groups -OCH3 is 1. The predicted octanol–water partition coefficient (Wildman–Crippen LogP) is 1.24. The maximum atomic E-state index is 5.03. The van der Waals surface area contributed by atoms with Gasteiger partial charge in [0, 0.05) is 43.0 Å². The Morgan fingerprint density at radius 1 is 1.28 bits per heavy atom. The molecule has 0 unspecified atom stereocenters. The van der Waals surface area contributed by atoms with Crippen LogP contribution in [0.1, 0.15) is 0 Å². The number of nitrogens with zero attached hydrogens (tertiary/aromatic N) is 5. The molecule has 6 heteroatoms. The number of rotatable bonds is 4. The zero-order chi connectivity index (χ0) is 12.4. The van der Waals surface area contributed by atoms with Crippen LogP contribution in [0.4, 0.5) is 0 Å². The highest BCUT2D eigenvalue weighted by Crippen LogP contribution is 2.21. The summed E-state index contributed by atoms with van der Waals surface area (Å²) in [7, 11) is 1.68. The molecule has 3 aromatic heterocycles. The Labute approximate surface area is 104 Å². The molecule has 0 N–H and O–H groups in total. The Kier molecular flexibility index (Phi) is 2.77. The van der Waals surface area contributed by atoms with E-state index in [9.17, 15) is 0 Å². The average Bonchev–Trinajstić information content (AvgIpc) is 3.04. The summed E-state index contributed by atoms with van der Waals surface area (Å²) in [6, 6.07) is 1.94. The van der Waals surface area contributed by atoms with Crippen LogP contribution < -0.4 is 0 Å². The molecular weight excluding hydrogens is 230 g/mol. The van der Waals surface area contributed by atoms with Crippen LogP contribution in [0.5, 0.6) is 0 Å². The molecule has 92 valence electrons. The van der Waals surface area contributed by atoms with E-state index in [2.05, 4.69) is 15.2 Å². The Morgan fingerprint density at radius 2 is 2.22 bits per heavy atom. The number of ether oxygens (including phenoxy) is 1. The van der Waals surface area contributed by atoms with Crippen molar-refractivity contribution in [2.24, 2.45) is 0 Å². The van der Waals surface area contributed by atoms with Gasteiger partial charge in [-0.05, 0) is 6.07 Å². The molecule has 0 atom stereocenters. The fraction of sp³-hybridized carbons (Fsp3) is 0.250. The highest BCUT2D eigenvalue weighted by Gasteiger charge is 2.07. The normalized spacial score (nSPS) is 11.2. The maximum Gasteiger partial charge on any atom is 0.161 e. The smallest absolute Gasteiger partial charge is 0.161 e. The topological polar surface area (TPSA) is 57.2 Å². The highest BCUT2D eigenvalue weighted by molar-refractivity contribution is 5.75. The second-order valence-corrected chi connectivity index (χ2v) is 3.93. The Bertz CT molecular complexity index is 657. The molecule has 0 radical (unpaired) electrons. The number of hydrogen-bond donors (Lipinski definition) is 0. The first-order chi connectivity index (χ1) is 8.88. The summed E-state index contributed by atoms with van der Waals surface area (Å²) >= 11 is 0. The van der Waals surface area contributed by atoms with Crippen molar-refractivity contribution in [2.45, 2.75) is 6.54 Å². The minimum absolute atomic E-state index is 0.649. The Hall–Kier alpha value is -2.21. The van der Waals surface area contributed by atoms with Gasteiger partial charge in [-0.25, -0.2) is 9.50 Å². The van der Waals surface area contributed by atoms with Crippen LogP contribution in [0.2, 0.25) is 0 Å². The van der Waals surface area contributed by atoms with Gasteiger partial charge in [-0.3, -0.25) is 4.68 Å². The van der Waals surface area contributed by atoms with E-state index < -0.39 is 0 Å². The SMILES string of the molecule is COCCn1cc(-c2ccnn3ccnc23)cn1. The van der Waals surface area contributed by atoms with Gasteiger partial charge in [0.1, 0.15) is 0 Å². The van der Waals surface area contributed by atoms with Gasteiger partial charge in [0.25, 0.3) is 0 Å². The van der Waals surface area contributed by atoms with E-state index in [1.54, 1.807) is 24.0 Å². The van der Waals surface area contributed by atoms with Gasteiger partial charge < -0.3 is 4.74 Å². The first-order valence-corrected chi connectivity index (χ1v) is 5.68. The number of hydrogen-bond acceptors (Lipinski definition) is 4. The molecule has 0 aliphatic carbocycles. The first kappa shape index (κ1) is 10.9. The van der Waals surface area contributed by atoms with Crippen LogP contribution in [0, 0.1) is 0 Å². The van der Waals surface area contributed by atoms with Crippen LogP contribution in [-0.2, 0) is 11.3 Å². The van der Waals surface area contributed by atoms with Crippen molar-refractivity contribution < 1.29 is 4.74 Å². The van der Waals surface area contributed by atoms with Crippen molar-refractivity contribution in [3.63, 3.8) is 0 Å². The third-order valence-electron chi connectivity index (χ3n) is 2.76. The van der Waals surface area contributed by atoms with E-state index in [1.807, 2.05) is 29.3 Å². The van der Waals surface area contributed by atoms with Gasteiger partial charge in [0.2, 0.25) is 0 Å². The molecule has 0 aliphatic heterocycles. The first-order valence-electron chi connectivity index (χ1n) is 5.68. The van der Waals surface area contributed by atoms with Gasteiger partial charge in [-0.2, -0.15) is 10.2 Å². The van der Waals surface area contributed by atoms with Crippen molar-refractivity contribution >= 4 is 5.65 Å². The Morgan fingerprint density at radius 3 is 3.11 bits per heavy atom. The zero-order valence-corrected chi connectivity index (χ0v) is 10.0. The van der Waals surface area contributed by atoms with Gasteiger partial charge in [-0.15, -0.1) is 0 Å². The van der Waals surface area contributed by atoms with Crippen LogP contribution in [-0.4, -0.2) is 38.1 Å². The third-order valence-corrected chi connectivity index (χ3v) is 2.76. The molecule has 3 heterocycles. The summed E-state index contributed by atoms with van der Waals surface area (Å²) in [6.07, 6.45) is 9.15. The molecule has 6 nitrogen and oxygen atoms in total. The lowest BCUT2D eigenvalue weighted by molar-refractivity contribution is 0.183. The molecule has 0 saturated heterocycles. The van der Waals surface area contributed by atoms with Crippen molar-refractivity contribution in [2.75, 3.05) is 13.7 Å². The van der Waals surface area contributed by atoms with Gasteiger partial charge in [-0.1, -0.05) is 0 Å². The second kappa shape index (κ2) is 4.58. The third kappa shape index (κ3) is 1.86. The predicted molar refractivity (Wildman–Crippen MR) is 66.1 cm³/mol. The van der Waals surface area contributed by atoms with Crippen LogP contribution in [0.3, 0.4) is 0 Å². The number of fused-ring (bicyclic) bond motifs is 1. The summed E-state index contributed by atoms with van der Waals surface area (Å²) in [5.74, 6) is 0. The Balaban J connectivity index is 1.98. The van der Waals surface area contributed by atoms with Crippen molar-refractivity contribution in [3.05, 3.63) is 37.1 Å². The molecule has 0 saturated carbocycles. The lowest BCUT2D eigenvalue weighted by Crippen LogP contribution is -2.03. The summed E-state index contributed by atoms with van der Waals surface area (Å²) in [5, 5.41) is 8.49. The fourth-order valence-corrected chi connectivity index (χ4v) is 1.87. The molecule has 3 aromatic rings. The average molecular weight is 243 g/mol. The minimum atomic E-state index is 0.649. The monoisotopic (exact) mass is 243 g/mol. The summed E-state index contributed by atoms with van der Waals surface area (Å²) < 4.78 is 8.64. The van der Waals surface area contributed by atoms with E-state index in [4.69, 9.17) is 4.74 Å². The van der Waals surface area contributed by atoms with Crippen LogP contribution in [0.25, 0.3) is 16.8 Å². The molecule has 0 aromatic carbocycles. The standard InChI is InChI=1S/C12H13N5O/c1-18-7-6-16-9-10(8-15-16)11-2-3-14-17-5-4-13-12(11)17/h2-5,8-9H,6-7H2,1H3. The van der Waals surface area contributed by atoms with Gasteiger partial charge in [0.15, 0.2) is 5.65 Å². The fourth-order valence-electron chi connectivity index (χ4n) is 1.87. The van der Waals surface area contributed by atoms with Crippen molar-refractivity contribution in [3.8, 4) is 11.1 Å². The largest absolute Gasteiger partial charge is 0.383 e. The van der Waals surface area contributed by atoms with E-state index in [0.717, 1.165) is 23.3 Å². The van der Waals surface area contributed by atoms with Crippen LogP contribution >= 0.6 is 0 Å². The van der Waals surface area contributed by atoms with E-state index in [1.165, 1.54) is 0 Å². The lowest BCUT2D eigenvalue weighted by atomic mass is 10.2. The van der Waals surface area contributed by atoms with Crippen molar-refractivity contribution in [1.82, 2.24) is 24.4 Å². The van der Waals surface area contributed by atoms with Gasteiger partial charge >= 0.3 is 0 Å². The number of imidazole rings is 1. The molecule has 0 aliphatic rings. The summed E-state index contributed by atoms with van der Waals surface area (Å²) in [4.78, 5) is 4.31. The second-order valence-electron chi connectivity index (χ2n) is 3.93. The molecule has 0 bridgehead atoms. The van der Waals surface area contributed by atoms with E-state index in [0.29, 0.717) is 6.61 Å². The highest BCUT2D eigenvalue weighted by atomic mass is 16.5. The molecule has 18 heavy (non-hydrogen) atoms. The minimum Gasteiger partial charge on any atom is -0.383 e. The zero-order valence-electron chi connectivity index (χ0n) is 10.0. The molecule has 0 fully saturated rings. The van der Waals surface area contributed by atoms with E-state index in [-0.39, 0.29) is 0 Å². The quantitative estimate of drug-likeness (QED) is 0.691. The number of aromatic nitrogens is 5. The lowest BCUT2D eigenvalue weighted by Gasteiger charge is -2.00. The van der Waals surface area contributed by atoms with Gasteiger partial charge in [0.05, 0.1) is 19.3 Å². The van der Waals surface area contributed by atoms with Crippen LogP contribution in [0.15, 0.2) is 37.1 Å². The molecule has 3 rings (SSSR count). The summed E-state index contributed by atoms with van der Waals surface area (Å²) in [6.45, 7) is 1.39. The maximum absolute atomic E-state index is 5.03. The molecule has 0 amide bonds. The van der Waals surface area contributed by atoms with Crippen molar-refractivity contribution in [1.29, 1.82) is 0 Å². The van der Waals surface area contributed by atoms with E-state index >= 15 is 0 Å². The molecular formula is C12H13N5O. The summed E-state index contributed by atoms with van der Waals surface area (Å²) in [5.41, 5.74) is 2.90.